The standard InChI is InChI=1S/C17H26ClN3O3Si/c1-7-23-16(22)12-10-19-15(18)13-14(12)21(11-20-13)8-9-24-25(5,6)17(2,3)4/h10-11H,7-9H2,1-6H3. The average Bonchev–Trinajstić information content (AvgIpc) is 2.91. The zero-order valence-corrected chi connectivity index (χ0v) is 17.5. The second kappa shape index (κ2) is 7.43. The van der Waals surface area contributed by atoms with E-state index in [1.807, 2.05) is 4.57 Å². The number of ether oxygens (including phenoxy) is 1. The predicted octanol–water partition coefficient (Wildman–Crippen LogP) is 4.28. The molecule has 0 unspecified atom stereocenters. The van der Waals surface area contributed by atoms with E-state index in [4.69, 9.17) is 20.8 Å². The van der Waals surface area contributed by atoms with Gasteiger partial charge >= 0.3 is 5.97 Å². The van der Waals surface area contributed by atoms with E-state index in [-0.39, 0.29) is 10.2 Å². The summed E-state index contributed by atoms with van der Waals surface area (Å²) in [5.41, 5.74) is 1.50. The summed E-state index contributed by atoms with van der Waals surface area (Å²) in [5.74, 6) is -0.427. The largest absolute Gasteiger partial charge is 0.462 e. The number of hydrogen-bond acceptors (Lipinski definition) is 5. The molecule has 0 spiro atoms. The van der Waals surface area contributed by atoms with Gasteiger partial charge < -0.3 is 13.7 Å². The van der Waals surface area contributed by atoms with Gasteiger partial charge in [0.15, 0.2) is 13.5 Å². The van der Waals surface area contributed by atoms with Gasteiger partial charge in [-0.25, -0.2) is 14.8 Å². The fourth-order valence-corrected chi connectivity index (χ4v) is 3.42. The lowest BCUT2D eigenvalue weighted by molar-refractivity contribution is 0.0527. The van der Waals surface area contributed by atoms with Gasteiger partial charge in [-0.15, -0.1) is 0 Å². The molecule has 25 heavy (non-hydrogen) atoms. The van der Waals surface area contributed by atoms with E-state index < -0.39 is 14.3 Å². The van der Waals surface area contributed by atoms with Gasteiger partial charge in [-0.3, -0.25) is 0 Å². The molecule has 2 aromatic heterocycles. The van der Waals surface area contributed by atoms with Gasteiger partial charge in [0.05, 0.1) is 25.1 Å². The summed E-state index contributed by atoms with van der Waals surface area (Å²) in [4.78, 5) is 20.6. The Morgan fingerprint density at radius 1 is 1.32 bits per heavy atom. The highest BCUT2D eigenvalue weighted by molar-refractivity contribution is 6.74. The van der Waals surface area contributed by atoms with Crippen molar-refractivity contribution >= 4 is 36.9 Å². The van der Waals surface area contributed by atoms with Crippen molar-refractivity contribution in [3.8, 4) is 0 Å². The summed E-state index contributed by atoms with van der Waals surface area (Å²) in [6, 6.07) is 0. The van der Waals surface area contributed by atoms with E-state index in [2.05, 4.69) is 43.8 Å². The molecule has 2 rings (SSSR count). The number of aromatic nitrogens is 3. The highest BCUT2D eigenvalue weighted by Crippen LogP contribution is 2.36. The van der Waals surface area contributed by atoms with Crippen LogP contribution in [0.5, 0.6) is 0 Å². The van der Waals surface area contributed by atoms with Gasteiger partial charge in [0, 0.05) is 12.7 Å². The third-order valence-electron chi connectivity index (χ3n) is 4.69. The minimum Gasteiger partial charge on any atom is -0.462 e. The van der Waals surface area contributed by atoms with E-state index in [1.165, 1.54) is 6.20 Å². The van der Waals surface area contributed by atoms with Crippen molar-refractivity contribution in [2.45, 2.75) is 52.4 Å². The van der Waals surface area contributed by atoms with Crippen LogP contribution >= 0.6 is 11.6 Å². The third-order valence-corrected chi connectivity index (χ3v) is 9.51. The van der Waals surface area contributed by atoms with Crippen LogP contribution < -0.4 is 0 Å². The first-order chi connectivity index (χ1) is 11.6. The Labute approximate surface area is 154 Å². The Morgan fingerprint density at radius 2 is 2.00 bits per heavy atom. The van der Waals surface area contributed by atoms with E-state index in [9.17, 15) is 4.79 Å². The molecule has 0 radical (unpaired) electrons. The molecule has 0 aliphatic rings. The molecule has 0 saturated carbocycles. The van der Waals surface area contributed by atoms with Crippen LogP contribution in [0.1, 0.15) is 38.1 Å². The number of nitrogens with zero attached hydrogens (tertiary/aromatic N) is 3. The predicted molar refractivity (Wildman–Crippen MR) is 102 cm³/mol. The fourth-order valence-electron chi connectivity index (χ4n) is 2.20. The van der Waals surface area contributed by atoms with Crippen LogP contribution in [0, 0.1) is 0 Å². The van der Waals surface area contributed by atoms with Crippen molar-refractivity contribution < 1.29 is 14.0 Å². The molecule has 0 atom stereocenters. The Bertz CT molecular complexity index is 768. The van der Waals surface area contributed by atoms with Crippen LogP contribution in [-0.4, -0.2) is 42.0 Å². The molecular weight excluding hydrogens is 358 g/mol. The van der Waals surface area contributed by atoms with Gasteiger partial charge in [0.1, 0.15) is 11.1 Å². The lowest BCUT2D eigenvalue weighted by Crippen LogP contribution is -2.41. The maximum absolute atomic E-state index is 12.2. The molecule has 0 aromatic carbocycles. The molecule has 2 aromatic rings. The zero-order valence-electron chi connectivity index (χ0n) is 15.7. The molecule has 0 saturated heterocycles. The van der Waals surface area contributed by atoms with Crippen LogP contribution in [-0.2, 0) is 15.7 Å². The summed E-state index contributed by atoms with van der Waals surface area (Å²) in [6.07, 6.45) is 3.10. The Morgan fingerprint density at radius 3 is 2.60 bits per heavy atom. The molecule has 0 aliphatic heterocycles. The van der Waals surface area contributed by atoms with Crippen LogP contribution in [0.2, 0.25) is 23.3 Å². The lowest BCUT2D eigenvalue weighted by Gasteiger charge is -2.36. The summed E-state index contributed by atoms with van der Waals surface area (Å²) >= 11 is 6.13. The van der Waals surface area contributed by atoms with Crippen molar-refractivity contribution in [1.82, 2.24) is 14.5 Å². The number of hydrogen-bond donors (Lipinski definition) is 0. The second-order valence-electron chi connectivity index (χ2n) is 7.43. The number of carbonyl (C=O) groups excluding carboxylic acids is 1. The maximum atomic E-state index is 12.2. The number of halogens is 1. The molecule has 0 fully saturated rings. The first-order valence-corrected chi connectivity index (χ1v) is 11.7. The van der Waals surface area contributed by atoms with Gasteiger partial charge in [0.25, 0.3) is 0 Å². The highest BCUT2D eigenvalue weighted by Gasteiger charge is 2.36. The van der Waals surface area contributed by atoms with Crippen LogP contribution in [0.4, 0.5) is 0 Å². The lowest BCUT2D eigenvalue weighted by atomic mass is 10.2. The quantitative estimate of drug-likeness (QED) is 0.423. The smallest absolute Gasteiger partial charge is 0.341 e. The SMILES string of the molecule is CCOC(=O)c1cnc(Cl)c2ncn(CCO[Si](C)(C)C(C)(C)C)c12. The Kier molecular flexibility index (Phi) is 5.91. The third kappa shape index (κ3) is 4.21. The van der Waals surface area contributed by atoms with Crippen LogP contribution in [0.15, 0.2) is 12.5 Å². The Hall–Kier alpha value is -1.44. The fraction of sp³-hybridized carbons (Fsp3) is 0.588. The number of rotatable bonds is 6. The number of esters is 1. The Balaban J connectivity index is 2.27. The van der Waals surface area contributed by atoms with Gasteiger partial charge in [-0.05, 0) is 25.1 Å². The minimum atomic E-state index is -1.83. The molecule has 0 amide bonds. The average molecular weight is 384 g/mol. The summed E-state index contributed by atoms with van der Waals surface area (Å²) in [5, 5.41) is 0.417. The van der Waals surface area contributed by atoms with Crippen molar-refractivity contribution in [2.75, 3.05) is 13.2 Å². The molecule has 6 nitrogen and oxygen atoms in total. The monoisotopic (exact) mass is 383 g/mol. The summed E-state index contributed by atoms with van der Waals surface area (Å²) < 4.78 is 13.2. The van der Waals surface area contributed by atoms with E-state index in [1.54, 1.807) is 13.3 Å². The topological polar surface area (TPSA) is 66.2 Å². The van der Waals surface area contributed by atoms with Crippen molar-refractivity contribution in [3.05, 3.63) is 23.2 Å². The van der Waals surface area contributed by atoms with E-state index in [0.717, 1.165) is 0 Å². The zero-order chi connectivity index (χ0) is 18.8. The van der Waals surface area contributed by atoms with Crippen molar-refractivity contribution in [2.24, 2.45) is 0 Å². The maximum Gasteiger partial charge on any atom is 0.341 e. The van der Waals surface area contributed by atoms with E-state index >= 15 is 0 Å². The highest BCUT2D eigenvalue weighted by atomic mass is 35.5. The summed E-state index contributed by atoms with van der Waals surface area (Å²) in [6.45, 7) is 14.2. The molecule has 0 aliphatic carbocycles. The molecule has 0 N–H and O–H groups in total. The molecule has 8 heteroatoms. The number of pyridine rings is 1. The number of imidazole rings is 1. The number of fused-ring (bicyclic) bond motifs is 1. The van der Waals surface area contributed by atoms with Gasteiger partial charge in [-0.2, -0.15) is 0 Å². The van der Waals surface area contributed by atoms with Crippen molar-refractivity contribution in [1.29, 1.82) is 0 Å². The summed E-state index contributed by atoms with van der Waals surface area (Å²) in [7, 11) is -1.83. The molecule has 2 heterocycles. The van der Waals surface area contributed by atoms with Gasteiger partial charge in [-0.1, -0.05) is 32.4 Å². The minimum absolute atomic E-state index is 0.146. The van der Waals surface area contributed by atoms with Crippen LogP contribution in [0.25, 0.3) is 11.0 Å². The van der Waals surface area contributed by atoms with E-state index in [0.29, 0.717) is 36.4 Å². The van der Waals surface area contributed by atoms with Crippen LogP contribution in [0.3, 0.4) is 0 Å². The number of carbonyl (C=O) groups is 1. The molecule has 0 bridgehead atoms. The van der Waals surface area contributed by atoms with Crippen molar-refractivity contribution in [3.63, 3.8) is 0 Å². The first kappa shape index (κ1) is 19.9. The second-order valence-corrected chi connectivity index (χ2v) is 12.6. The first-order valence-electron chi connectivity index (χ1n) is 8.39. The molecular formula is C17H26ClN3O3Si. The van der Waals surface area contributed by atoms with Gasteiger partial charge in [0.2, 0.25) is 0 Å². The molecule has 138 valence electrons. The normalized spacial score (nSPS) is 12.6.